The minimum Gasteiger partial charge on any atom is -0.492 e. The smallest absolute Gasteiger partial charge is 0.233 e. The van der Waals surface area contributed by atoms with Crippen LogP contribution in [0.25, 0.3) is 0 Å². The summed E-state index contributed by atoms with van der Waals surface area (Å²) in [7, 11) is 0. The van der Waals surface area contributed by atoms with Gasteiger partial charge in [-0.15, -0.1) is 6.42 Å². The van der Waals surface area contributed by atoms with Gasteiger partial charge in [0.25, 0.3) is 0 Å². The summed E-state index contributed by atoms with van der Waals surface area (Å²) in [5, 5.41) is 10.5. The van der Waals surface area contributed by atoms with Crippen molar-refractivity contribution in [2.45, 2.75) is 236 Å². The first-order valence-electron chi connectivity index (χ1n) is 31.6. The van der Waals surface area contributed by atoms with Crippen LogP contribution in [0.15, 0.2) is 54.6 Å². The quantitative estimate of drug-likeness (QED) is 0.0288. The van der Waals surface area contributed by atoms with Crippen molar-refractivity contribution in [1.29, 1.82) is 0 Å². The van der Waals surface area contributed by atoms with Gasteiger partial charge in [-0.25, -0.2) is 0 Å². The fraction of sp³-hybridized carbons (Fsp3) is 0.672. The molecule has 4 rings (SSSR count). The summed E-state index contributed by atoms with van der Waals surface area (Å²) in [5.74, 6) is 8.53. The first-order chi connectivity index (χ1) is 38.6. The van der Waals surface area contributed by atoms with E-state index in [1.807, 2.05) is 54.6 Å². The normalized spacial score (nSPS) is 12.5. The fourth-order valence-corrected chi connectivity index (χ4v) is 9.30. The number of benzene rings is 3. The fourth-order valence-electron chi connectivity index (χ4n) is 9.30. The number of hydrogen-bond donors (Lipinski definition) is 3. The van der Waals surface area contributed by atoms with Gasteiger partial charge in [0.1, 0.15) is 0 Å². The SMILES string of the molecule is CCCCCCCOc1ccc(Nc2nc(Nc3ccc(OCC[C-](C)CCCC)c(OCCC(C)CCCC)c3)nc(Nc3ccc(OCCC(C)CCCC)c(OCCC(C)CCCC)c3)n2)cc1OCCCCCCC. The highest BCUT2D eigenvalue weighted by molar-refractivity contribution is 5.66. The topological polar surface area (TPSA) is 130 Å². The molecule has 12 heteroatoms. The van der Waals surface area contributed by atoms with Gasteiger partial charge in [-0.1, -0.05) is 184 Å². The number of rotatable bonds is 48. The Balaban J connectivity index is 1.71. The molecule has 3 N–H and O–H groups in total. The van der Waals surface area contributed by atoms with Gasteiger partial charge in [0.05, 0.1) is 39.6 Å². The maximum absolute atomic E-state index is 6.56. The second-order valence-electron chi connectivity index (χ2n) is 22.5. The zero-order valence-electron chi connectivity index (χ0n) is 51.3. The molecule has 0 amide bonds. The molecule has 0 fully saturated rings. The Morgan fingerprint density at radius 3 is 1.03 bits per heavy atom. The van der Waals surface area contributed by atoms with Crippen LogP contribution in [0.5, 0.6) is 34.5 Å². The van der Waals surface area contributed by atoms with E-state index >= 15 is 0 Å². The number of hydrogen-bond acceptors (Lipinski definition) is 12. The highest BCUT2D eigenvalue weighted by Gasteiger charge is 2.17. The first-order valence-corrected chi connectivity index (χ1v) is 31.6. The molecule has 0 aliphatic carbocycles. The Hall–Kier alpha value is -5.13. The summed E-state index contributed by atoms with van der Waals surface area (Å²) in [5.41, 5.74) is 2.29. The summed E-state index contributed by atoms with van der Waals surface area (Å²) < 4.78 is 38.8. The number of aromatic nitrogens is 3. The lowest BCUT2D eigenvalue weighted by molar-refractivity contribution is 0.238. The minimum absolute atomic E-state index is 0.343. The van der Waals surface area contributed by atoms with Crippen molar-refractivity contribution in [2.24, 2.45) is 17.8 Å². The number of ether oxygens (including phenoxy) is 6. The average Bonchev–Trinajstić information content (AvgIpc) is 3.45. The Labute approximate surface area is 480 Å². The molecule has 4 aromatic rings. The molecule has 3 aromatic carbocycles. The second-order valence-corrected chi connectivity index (χ2v) is 22.5. The molecule has 444 valence electrons. The Bertz CT molecular complexity index is 2080. The summed E-state index contributed by atoms with van der Waals surface area (Å²) in [6, 6.07) is 17.9. The maximum atomic E-state index is 6.56. The molecule has 0 saturated heterocycles. The third-order valence-corrected chi connectivity index (χ3v) is 14.7. The monoisotopic (exact) mass is 1090 g/mol. The lowest BCUT2D eigenvalue weighted by atomic mass is 10.0. The third kappa shape index (κ3) is 28.2. The molecular formula is C67H109N6O6-. The summed E-state index contributed by atoms with van der Waals surface area (Å²) in [6.45, 7) is 26.3. The molecular weight excluding hydrogens is 985 g/mol. The molecule has 3 unspecified atom stereocenters. The molecule has 3 atom stereocenters. The van der Waals surface area contributed by atoms with E-state index in [4.69, 9.17) is 43.4 Å². The van der Waals surface area contributed by atoms with Crippen LogP contribution in [0.4, 0.5) is 34.9 Å². The zero-order chi connectivity index (χ0) is 56.7. The van der Waals surface area contributed by atoms with E-state index in [2.05, 4.69) is 85.2 Å². The van der Waals surface area contributed by atoms with E-state index in [9.17, 15) is 0 Å². The first kappa shape index (κ1) is 66.4. The molecule has 0 aliphatic heterocycles. The van der Waals surface area contributed by atoms with Crippen LogP contribution >= 0.6 is 0 Å². The molecule has 0 spiro atoms. The standard InChI is InChI=1S/C67H109N6O6/c1-11-17-23-25-27-43-74-59-36-33-56(49-62(59)75-44-28-26-24-18-12-2)68-65-71-66(69-57-34-37-60(76-45-39-52(7)29-19-13-3)63(50-57)78-47-41-54(9)31-21-15-5)73-67(72-65)70-58-35-38-61(77-46-40-53(8)30-20-14-4)64(51-58)79-48-42-55(10)32-22-16-6/h33-38,49-52,54-55H,11-32,39-48H2,1-10H3,(H3,68,69,70,71,72,73)/q-1. The molecule has 0 saturated carbocycles. The highest BCUT2D eigenvalue weighted by Crippen LogP contribution is 2.36. The summed E-state index contributed by atoms with van der Waals surface area (Å²) in [6.07, 6.45) is 29.8. The predicted octanol–water partition coefficient (Wildman–Crippen LogP) is 20.1. The van der Waals surface area contributed by atoms with Gasteiger partial charge in [0, 0.05) is 35.3 Å². The lowest BCUT2D eigenvalue weighted by Crippen LogP contribution is -2.10. The number of anilines is 6. The van der Waals surface area contributed by atoms with E-state index in [1.165, 1.54) is 115 Å². The Kier molecular flexibility index (Phi) is 34.4. The van der Waals surface area contributed by atoms with Crippen molar-refractivity contribution in [2.75, 3.05) is 55.6 Å². The van der Waals surface area contributed by atoms with Crippen molar-refractivity contribution >= 4 is 34.9 Å². The van der Waals surface area contributed by atoms with Gasteiger partial charge in [0.2, 0.25) is 17.8 Å². The molecule has 79 heavy (non-hydrogen) atoms. The van der Waals surface area contributed by atoms with Crippen LogP contribution in [-0.4, -0.2) is 54.6 Å². The van der Waals surface area contributed by atoms with Gasteiger partial charge in [-0.05, 0) is 86.3 Å². The van der Waals surface area contributed by atoms with E-state index in [1.54, 1.807) is 0 Å². The van der Waals surface area contributed by atoms with Crippen molar-refractivity contribution < 1.29 is 28.4 Å². The van der Waals surface area contributed by atoms with Crippen LogP contribution in [0.3, 0.4) is 0 Å². The van der Waals surface area contributed by atoms with Crippen molar-refractivity contribution in [3.63, 3.8) is 0 Å². The maximum Gasteiger partial charge on any atom is 0.233 e. The van der Waals surface area contributed by atoms with Gasteiger partial charge in [-0.2, -0.15) is 28.3 Å². The van der Waals surface area contributed by atoms with E-state index in [0.717, 1.165) is 92.1 Å². The van der Waals surface area contributed by atoms with Crippen LogP contribution in [0.2, 0.25) is 0 Å². The predicted molar refractivity (Wildman–Crippen MR) is 332 cm³/mol. The van der Waals surface area contributed by atoms with Gasteiger partial charge < -0.3 is 50.3 Å². The molecule has 1 heterocycles. The van der Waals surface area contributed by atoms with Crippen LogP contribution in [-0.2, 0) is 0 Å². The van der Waals surface area contributed by atoms with Crippen molar-refractivity contribution in [1.82, 2.24) is 15.0 Å². The van der Waals surface area contributed by atoms with Crippen LogP contribution in [0.1, 0.15) is 236 Å². The van der Waals surface area contributed by atoms with Crippen molar-refractivity contribution in [3.8, 4) is 34.5 Å². The molecule has 0 bridgehead atoms. The lowest BCUT2D eigenvalue weighted by Gasteiger charge is -2.24. The number of unbranched alkanes of at least 4 members (excludes halogenated alkanes) is 12. The molecule has 0 radical (unpaired) electrons. The molecule has 1 aromatic heterocycles. The Morgan fingerprint density at radius 1 is 0.342 bits per heavy atom. The summed E-state index contributed by atoms with van der Waals surface area (Å²) in [4.78, 5) is 14.9. The highest BCUT2D eigenvalue weighted by atomic mass is 16.5. The van der Waals surface area contributed by atoms with Crippen molar-refractivity contribution in [3.05, 3.63) is 60.5 Å². The van der Waals surface area contributed by atoms with E-state index in [-0.39, 0.29) is 0 Å². The molecule has 12 nitrogen and oxygen atoms in total. The average molecular weight is 1090 g/mol. The zero-order valence-corrected chi connectivity index (χ0v) is 51.3. The van der Waals surface area contributed by atoms with Crippen LogP contribution < -0.4 is 44.4 Å². The largest absolute Gasteiger partial charge is 0.492 e. The Morgan fingerprint density at radius 2 is 0.658 bits per heavy atom. The number of nitrogens with zero attached hydrogens (tertiary/aromatic N) is 3. The second kappa shape index (κ2) is 41.0. The van der Waals surface area contributed by atoms with Crippen LogP contribution in [0, 0.1) is 23.7 Å². The van der Waals surface area contributed by atoms with Gasteiger partial charge >= 0.3 is 0 Å². The number of nitrogens with one attached hydrogen (secondary N) is 3. The van der Waals surface area contributed by atoms with Gasteiger partial charge in [-0.3, -0.25) is 0 Å². The third-order valence-electron chi connectivity index (χ3n) is 14.7. The van der Waals surface area contributed by atoms with Gasteiger partial charge in [0.15, 0.2) is 34.5 Å². The minimum atomic E-state index is 0.343. The van der Waals surface area contributed by atoms with E-state index in [0.29, 0.717) is 92.5 Å². The van der Waals surface area contributed by atoms with E-state index < -0.39 is 0 Å². The molecule has 0 aliphatic rings. The summed E-state index contributed by atoms with van der Waals surface area (Å²) >= 11 is 0.